The molecule has 1 aliphatic rings. The van der Waals surface area contributed by atoms with Crippen LogP contribution in [0.15, 0.2) is 73.2 Å². The zero-order chi connectivity index (χ0) is 18.2. The third-order valence-corrected chi connectivity index (χ3v) is 5.96. The second kappa shape index (κ2) is 4.93. The van der Waals surface area contributed by atoms with Gasteiger partial charge in [-0.3, -0.25) is 9.38 Å². The molecule has 0 aliphatic heterocycles. The molecule has 0 saturated carbocycles. The molecule has 4 heteroatoms. The Morgan fingerprint density at radius 1 is 0.786 bits per heavy atom. The highest BCUT2D eigenvalue weighted by atomic mass is 15.1. The maximum atomic E-state index is 5.01. The number of benzene rings is 2. The molecule has 4 heterocycles. The van der Waals surface area contributed by atoms with Gasteiger partial charge in [0.2, 0.25) is 0 Å². The topological polar surface area (TPSA) is 43.1 Å². The van der Waals surface area contributed by atoms with Crippen LogP contribution in [0.5, 0.6) is 0 Å². The zero-order valence-corrected chi connectivity index (χ0v) is 14.9. The zero-order valence-electron chi connectivity index (χ0n) is 14.9. The van der Waals surface area contributed by atoms with Crippen molar-refractivity contribution < 1.29 is 0 Å². The first-order chi connectivity index (χ1) is 13.9. The standard InChI is InChI=1S/C24H14N4/c1-2-5-15-14(4-1)12-19-16(15)7-8-18-17-9-11-25-13-21(17)28-23-20(6-3-10-26-23)27-24(28)22(18)19/h1-11,13H,12H2. The largest absolute Gasteiger partial charge is 0.274 e. The Hall–Kier alpha value is -3.79. The predicted molar refractivity (Wildman–Crippen MR) is 112 cm³/mol. The Morgan fingerprint density at radius 2 is 1.75 bits per heavy atom. The molecule has 1 aliphatic carbocycles. The van der Waals surface area contributed by atoms with Crippen LogP contribution >= 0.6 is 0 Å². The molecule has 7 rings (SSSR count). The van der Waals surface area contributed by atoms with Gasteiger partial charge in [0.25, 0.3) is 0 Å². The summed E-state index contributed by atoms with van der Waals surface area (Å²) in [4.78, 5) is 14.0. The average molecular weight is 358 g/mol. The SMILES string of the molecule is c1ccc2c(c1)Cc1c-2ccc2c3ccncc3n3c4ncccc4nc3c12. The van der Waals surface area contributed by atoms with Gasteiger partial charge in [0.15, 0.2) is 5.65 Å². The monoisotopic (exact) mass is 358 g/mol. The minimum absolute atomic E-state index is 0.880. The van der Waals surface area contributed by atoms with Crippen molar-refractivity contribution in [3.8, 4) is 11.1 Å². The van der Waals surface area contributed by atoms with E-state index in [0.717, 1.165) is 28.7 Å². The van der Waals surface area contributed by atoms with Crippen LogP contribution in [0.2, 0.25) is 0 Å². The van der Waals surface area contributed by atoms with Gasteiger partial charge in [-0.15, -0.1) is 0 Å². The molecule has 0 atom stereocenters. The molecule has 0 saturated heterocycles. The van der Waals surface area contributed by atoms with E-state index in [2.05, 4.69) is 56.8 Å². The lowest BCUT2D eigenvalue weighted by atomic mass is 9.98. The van der Waals surface area contributed by atoms with Crippen LogP contribution in [0.25, 0.3) is 49.6 Å². The first-order valence-electron chi connectivity index (χ1n) is 9.43. The van der Waals surface area contributed by atoms with Crippen LogP contribution in [0.1, 0.15) is 11.1 Å². The van der Waals surface area contributed by atoms with Crippen molar-refractivity contribution in [1.82, 2.24) is 19.4 Å². The Kier molecular flexibility index (Phi) is 2.51. The molecular formula is C24H14N4. The maximum absolute atomic E-state index is 5.01. The van der Waals surface area contributed by atoms with E-state index < -0.39 is 0 Å². The van der Waals surface area contributed by atoms with E-state index in [4.69, 9.17) is 4.98 Å². The van der Waals surface area contributed by atoms with E-state index in [1.165, 1.54) is 38.4 Å². The lowest BCUT2D eigenvalue weighted by Gasteiger charge is -2.12. The van der Waals surface area contributed by atoms with Gasteiger partial charge in [-0.25, -0.2) is 9.97 Å². The van der Waals surface area contributed by atoms with Gasteiger partial charge < -0.3 is 0 Å². The summed E-state index contributed by atoms with van der Waals surface area (Å²) < 4.78 is 2.17. The summed E-state index contributed by atoms with van der Waals surface area (Å²) in [7, 11) is 0. The number of fused-ring (bicyclic) bond motifs is 12. The van der Waals surface area contributed by atoms with Crippen LogP contribution < -0.4 is 0 Å². The van der Waals surface area contributed by atoms with Gasteiger partial charge in [0.1, 0.15) is 11.2 Å². The van der Waals surface area contributed by atoms with Crippen LogP contribution in [0.4, 0.5) is 0 Å². The summed E-state index contributed by atoms with van der Waals surface area (Å²) in [6, 6.07) is 19.3. The number of aromatic nitrogens is 4. The fourth-order valence-corrected chi connectivity index (χ4v) is 4.79. The maximum Gasteiger partial charge on any atom is 0.165 e. The summed E-state index contributed by atoms with van der Waals surface area (Å²) in [5, 5.41) is 3.64. The lowest BCUT2D eigenvalue weighted by molar-refractivity contribution is 1.22. The number of rotatable bonds is 0. The molecule has 6 aromatic rings. The van der Waals surface area contributed by atoms with Gasteiger partial charge in [-0.05, 0) is 52.3 Å². The number of nitrogens with zero attached hydrogens (tertiary/aromatic N) is 4. The van der Waals surface area contributed by atoms with Gasteiger partial charge in [-0.2, -0.15) is 0 Å². The fraction of sp³-hybridized carbons (Fsp3) is 0.0417. The van der Waals surface area contributed by atoms with E-state index in [0.29, 0.717) is 0 Å². The Balaban J connectivity index is 1.79. The fourth-order valence-electron chi connectivity index (χ4n) is 4.79. The molecule has 0 radical (unpaired) electrons. The third kappa shape index (κ3) is 1.63. The molecule has 4 nitrogen and oxygen atoms in total. The third-order valence-electron chi connectivity index (χ3n) is 5.96. The molecule has 4 aromatic heterocycles. The summed E-state index contributed by atoms with van der Waals surface area (Å²) in [5.41, 5.74) is 9.19. The first-order valence-corrected chi connectivity index (χ1v) is 9.43. The minimum atomic E-state index is 0.880. The number of hydrogen-bond donors (Lipinski definition) is 0. The van der Waals surface area contributed by atoms with E-state index in [1.807, 2.05) is 30.7 Å². The predicted octanol–water partition coefficient (Wildman–Crippen LogP) is 5.16. The first kappa shape index (κ1) is 14.3. The summed E-state index contributed by atoms with van der Waals surface area (Å²) in [6.45, 7) is 0. The van der Waals surface area contributed by atoms with E-state index in [-0.39, 0.29) is 0 Å². The van der Waals surface area contributed by atoms with Crippen molar-refractivity contribution in [2.75, 3.05) is 0 Å². The number of imidazole rings is 1. The highest BCUT2D eigenvalue weighted by molar-refractivity contribution is 6.16. The second-order valence-electron chi connectivity index (χ2n) is 7.36. The van der Waals surface area contributed by atoms with Crippen molar-refractivity contribution in [3.63, 3.8) is 0 Å². The lowest BCUT2D eigenvalue weighted by Crippen LogP contribution is -1.96. The molecule has 0 N–H and O–H groups in total. The molecule has 0 amide bonds. The Labute approximate surface area is 160 Å². The van der Waals surface area contributed by atoms with Crippen molar-refractivity contribution in [3.05, 3.63) is 84.3 Å². The summed E-state index contributed by atoms with van der Waals surface area (Å²) in [6.07, 6.45) is 6.54. The summed E-state index contributed by atoms with van der Waals surface area (Å²) in [5.74, 6) is 0. The molecule has 2 aromatic carbocycles. The Bertz CT molecular complexity index is 1590. The molecule has 0 bridgehead atoms. The van der Waals surface area contributed by atoms with Crippen LogP contribution in [-0.4, -0.2) is 19.4 Å². The van der Waals surface area contributed by atoms with Crippen LogP contribution in [0, 0.1) is 0 Å². The molecule has 28 heavy (non-hydrogen) atoms. The quantitative estimate of drug-likeness (QED) is 0.352. The van der Waals surface area contributed by atoms with Crippen molar-refractivity contribution in [1.29, 1.82) is 0 Å². The molecule has 0 unspecified atom stereocenters. The highest BCUT2D eigenvalue weighted by Crippen LogP contribution is 2.43. The summed E-state index contributed by atoms with van der Waals surface area (Å²) >= 11 is 0. The van der Waals surface area contributed by atoms with E-state index >= 15 is 0 Å². The smallest absolute Gasteiger partial charge is 0.165 e. The van der Waals surface area contributed by atoms with Crippen molar-refractivity contribution in [2.24, 2.45) is 0 Å². The average Bonchev–Trinajstić information content (AvgIpc) is 3.32. The molecule has 0 spiro atoms. The van der Waals surface area contributed by atoms with Crippen molar-refractivity contribution >= 4 is 38.5 Å². The van der Waals surface area contributed by atoms with Gasteiger partial charge in [0, 0.05) is 23.2 Å². The van der Waals surface area contributed by atoms with Crippen molar-refractivity contribution in [2.45, 2.75) is 6.42 Å². The van der Waals surface area contributed by atoms with Crippen LogP contribution in [-0.2, 0) is 6.42 Å². The van der Waals surface area contributed by atoms with E-state index in [9.17, 15) is 0 Å². The van der Waals surface area contributed by atoms with Gasteiger partial charge in [0.05, 0.1) is 11.7 Å². The molecular weight excluding hydrogens is 344 g/mol. The molecule has 0 fully saturated rings. The number of hydrogen-bond acceptors (Lipinski definition) is 3. The number of pyridine rings is 3. The van der Waals surface area contributed by atoms with Gasteiger partial charge in [-0.1, -0.05) is 36.4 Å². The normalized spacial score (nSPS) is 12.9. The van der Waals surface area contributed by atoms with Gasteiger partial charge >= 0.3 is 0 Å². The second-order valence-corrected chi connectivity index (χ2v) is 7.36. The Morgan fingerprint density at radius 3 is 2.75 bits per heavy atom. The van der Waals surface area contributed by atoms with E-state index in [1.54, 1.807) is 0 Å². The highest BCUT2D eigenvalue weighted by Gasteiger charge is 2.24. The molecule has 130 valence electrons. The minimum Gasteiger partial charge on any atom is -0.274 e. The van der Waals surface area contributed by atoms with Crippen LogP contribution in [0.3, 0.4) is 0 Å².